The highest BCUT2D eigenvalue weighted by Crippen LogP contribution is 2.68. The van der Waals surface area contributed by atoms with Gasteiger partial charge in [-0.15, -0.1) is 0 Å². The summed E-state index contributed by atoms with van der Waals surface area (Å²) in [5, 5.41) is 11.7. The molecule has 32 heavy (non-hydrogen) atoms. The third-order valence-corrected chi connectivity index (χ3v) is 8.64. The van der Waals surface area contributed by atoms with Gasteiger partial charge in [-0.2, -0.15) is 0 Å². The van der Waals surface area contributed by atoms with Gasteiger partial charge in [-0.25, -0.2) is 0 Å². The van der Waals surface area contributed by atoms with Gasteiger partial charge in [0.1, 0.15) is 17.3 Å². The number of hydrogen-bond acceptors (Lipinski definition) is 5. The monoisotopic (exact) mass is 434 g/mol. The van der Waals surface area contributed by atoms with Crippen molar-refractivity contribution in [3.8, 4) is 0 Å². The lowest BCUT2D eigenvalue weighted by molar-refractivity contribution is -0.425. The molecule has 1 aromatic rings. The first-order chi connectivity index (χ1) is 15.2. The molecule has 2 heterocycles. The lowest BCUT2D eigenvalue weighted by atomic mass is 9.54. The van der Waals surface area contributed by atoms with Crippen molar-refractivity contribution in [1.82, 2.24) is 0 Å². The van der Waals surface area contributed by atoms with Gasteiger partial charge in [0.05, 0.1) is 12.0 Å². The topological polar surface area (TPSA) is 65.0 Å². The molecule has 2 saturated heterocycles. The maximum Gasteiger partial charge on any atom is 0.289 e. The van der Waals surface area contributed by atoms with Crippen LogP contribution >= 0.6 is 0 Å². The maximum atomic E-state index is 12.9. The second-order valence-electron chi connectivity index (χ2n) is 10.6. The predicted octanol–water partition coefficient (Wildman–Crippen LogP) is 3.87. The number of carbonyl (C=O) groups excluding carboxylic acids is 1. The number of benzene rings is 1. The highest BCUT2D eigenvalue weighted by Gasteiger charge is 2.79. The Morgan fingerprint density at radius 3 is 2.72 bits per heavy atom. The summed E-state index contributed by atoms with van der Waals surface area (Å²) in [5.74, 6) is -2.12. The van der Waals surface area contributed by atoms with Crippen LogP contribution in [0.25, 0.3) is 0 Å². The molecule has 0 amide bonds. The average molecular weight is 435 g/mol. The second-order valence-corrected chi connectivity index (χ2v) is 10.6. The first-order valence-electron chi connectivity index (χ1n) is 11.5. The van der Waals surface area contributed by atoms with E-state index >= 15 is 0 Å². The number of ether oxygens (including phenoxy) is 3. The zero-order valence-electron chi connectivity index (χ0n) is 18.7. The van der Waals surface area contributed by atoms with Crippen LogP contribution in [0.2, 0.25) is 0 Å². The molecule has 1 N–H and O–H groups in total. The quantitative estimate of drug-likeness (QED) is 0.732. The fourth-order valence-corrected chi connectivity index (χ4v) is 7.38. The van der Waals surface area contributed by atoms with Crippen molar-refractivity contribution >= 4 is 5.78 Å². The Kier molecular flexibility index (Phi) is 4.04. The first-order valence-corrected chi connectivity index (χ1v) is 11.5. The van der Waals surface area contributed by atoms with Crippen LogP contribution in [0.3, 0.4) is 0 Å². The molecule has 0 spiro atoms. The molecule has 5 aliphatic rings. The number of fused-ring (bicyclic) bond motifs is 2. The van der Waals surface area contributed by atoms with E-state index in [0.29, 0.717) is 19.3 Å². The fraction of sp³-hybridized carbons (Fsp3) is 0.519. The Hall–Kier alpha value is -2.05. The fourth-order valence-electron chi connectivity index (χ4n) is 7.38. The van der Waals surface area contributed by atoms with E-state index in [2.05, 4.69) is 20.1 Å². The molecule has 1 aromatic carbocycles. The summed E-state index contributed by atoms with van der Waals surface area (Å²) in [6.45, 7) is 12.7. The molecule has 8 atom stereocenters. The van der Waals surface area contributed by atoms with Crippen LogP contribution < -0.4 is 0 Å². The van der Waals surface area contributed by atoms with Gasteiger partial charge in [0.2, 0.25) is 0 Å². The second kappa shape index (κ2) is 6.29. The Balaban J connectivity index is 1.55. The van der Waals surface area contributed by atoms with E-state index in [0.717, 1.165) is 16.7 Å². The molecule has 0 aromatic heterocycles. The summed E-state index contributed by atoms with van der Waals surface area (Å²) in [7, 11) is 0. The highest BCUT2D eigenvalue weighted by molar-refractivity contribution is 6.00. The van der Waals surface area contributed by atoms with Gasteiger partial charge in [-0.3, -0.25) is 4.79 Å². The largest absolute Gasteiger partial charge is 0.381 e. The van der Waals surface area contributed by atoms with Crippen molar-refractivity contribution in [2.45, 2.75) is 68.4 Å². The summed E-state index contributed by atoms with van der Waals surface area (Å²) in [6.07, 6.45) is 5.06. The molecular weight excluding hydrogens is 404 g/mol. The standard InChI is InChI=1S/C27H30O5/c1-16(2)25-14-18(4)27-20(12-17(3)13-24(29)21(27)10-11-22(24)28)23(25)30-26(31-25,32-27)15-19-8-6-5-7-9-19/h5-11,18,20-21,23,29H,1,3,12-15H2,2,4H3/t18-,20+,21-,23-,24-,25-,26-,27-/m1/s1. The van der Waals surface area contributed by atoms with Gasteiger partial charge >= 0.3 is 0 Å². The molecule has 168 valence electrons. The van der Waals surface area contributed by atoms with Crippen molar-refractivity contribution in [3.05, 3.63) is 72.4 Å². The summed E-state index contributed by atoms with van der Waals surface area (Å²) >= 11 is 0. The third-order valence-electron chi connectivity index (χ3n) is 8.64. The Morgan fingerprint density at radius 2 is 2.00 bits per heavy atom. The minimum atomic E-state index is -1.53. The minimum absolute atomic E-state index is 0.0139. The van der Waals surface area contributed by atoms with Crippen LogP contribution in [0, 0.1) is 17.8 Å². The van der Waals surface area contributed by atoms with E-state index in [4.69, 9.17) is 14.2 Å². The van der Waals surface area contributed by atoms with Crippen LogP contribution in [0.15, 0.2) is 66.8 Å². The van der Waals surface area contributed by atoms with Crippen molar-refractivity contribution in [3.63, 3.8) is 0 Å². The van der Waals surface area contributed by atoms with Crippen LogP contribution in [0.5, 0.6) is 0 Å². The zero-order chi connectivity index (χ0) is 22.5. The van der Waals surface area contributed by atoms with E-state index in [-0.39, 0.29) is 30.1 Å². The van der Waals surface area contributed by atoms with Gasteiger partial charge in [0.25, 0.3) is 5.97 Å². The molecule has 6 rings (SSSR count). The maximum absolute atomic E-state index is 12.9. The molecule has 4 fully saturated rings. The molecule has 0 radical (unpaired) electrons. The summed E-state index contributed by atoms with van der Waals surface area (Å²) in [4.78, 5) is 12.9. The van der Waals surface area contributed by atoms with E-state index in [1.54, 1.807) is 0 Å². The van der Waals surface area contributed by atoms with Crippen LogP contribution in [-0.4, -0.2) is 39.8 Å². The molecule has 2 aliphatic heterocycles. The van der Waals surface area contributed by atoms with Gasteiger partial charge < -0.3 is 19.3 Å². The van der Waals surface area contributed by atoms with E-state index < -0.39 is 28.7 Å². The minimum Gasteiger partial charge on any atom is -0.381 e. The SMILES string of the molecule is C=C1C[C@H]2[C@H]3O[C@@]4(Cc5ccccc5)O[C@@]2([C@H](C)C[C@]3(C(=C)C)O4)[C@@H]2C=CC(=O)[C@@]2(O)C1. The Morgan fingerprint density at radius 1 is 1.25 bits per heavy atom. The molecule has 5 nitrogen and oxygen atoms in total. The zero-order valence-corrected chi connectivity index (χ0v) is 18.7. The molecule has 5 heteroatoms. The number of hydrogen-bond donors (Lipinski definition) is 1. The summed E-state index contributed by atoms with van der Waals surface area (Å²) in [6, 6.07) is 10.0. The molecule has 2 saturated carbocycles. The van der Waals surface area contributed by atoms with E-state index in [1.807, 2.05) is 43.3 Å². The first kappa shape index (κ1) is 20.5. The van der Waals surface area contributed by atoms with Gasteiger partial charge in [-0.1, -0.05) is 62.1 Å². The Labute approximate surface area is 188 Å². The molecule has 3 aliphatic carbocycles. The van der Waals surface area contributed by atoms with E-state index in [1.165, 1.54) is 6.08 Å². The number of aliphatic hydroxyl groups is 1. The molecular formula is C27H30O5. The van der Waals surface area contributed by atoms with Crippen molar-refractivity contribution < 1.29 is 24.1 Å². The van der Waals surface area contributed by atoms with Crippen molar-refractivity contribution in [2.75, 3.05) is 0 Å². The van der Waals surface area contributed by atoms with Crippen molar-refractivity contribution in [2.24, 2.45) is 17.8 Å². The lowest BCUT2D eigenvalue weighted by Gasteiger charge is -2.59. The van der Waals surface area contributed by atoms with Crippen LogP contribution in [0.1, 0.15) is 38.7 Å². The lowest BCUT2D eigenvalue weighted by Crippen LogP contribution is -2.70. The van der Waals surface area contributed by atoms with Crippen molar-refractivity contribution in [1.29, 1.82) is 0 Å². The number of carbonyl (C=O) groups is 1. The third kappa shape index (κ3) is 2.35. The molecule has 0 unspecified atom stereocenters. The van der Waals surface area contributed by atoms with Gasteiger partial charge in [0.15, 0.2) is 5.78 Å². The predicted molar refractivity (Wildman–Crippen MR) is 118 cm³/mol. The van der Waals surface area contributed by atoms with Gasteiger partial charge in [0, 0.05) is 18.3 Å². The van der Waals surface area contributed by atoms with Gasteiger partial charge in [-0.05, 0) is 42.9 Å². The smallest absolute Gasteiger partial charge is 0.289 e. The van der Waals surface area contributed by atoms with E-state index in [9.17, 15) is 9.90 Å². The average Bonchev–Trinajstić information content (AvgIpc) is 3.09. The summed E-state index contributed by atoms with van der Waals surface area (Å²) in [5.41, 5.74) is -0.197. The Bertz CT molecular complexity index is 1060. The number of rotatable bonds is 3. The number of ketones is 1. The normalized spacial score (nSPS) is 48.5. The van der Waals surface area contributed by atoms with Crippen LogP contribution in [-0.2, 0) is 25.4 Å². The van der Waals surface area contributed by atoms with Crippen LogP contribution in [0.4, 0.5) is 0 Å². The summed E-state index contributed by atoms with van der Waals surface area (Å²) < 4.78 is 20.5. The highest BCUT2D eigenvalue weighted by atomic mass is 16.9. The molecule has 3 bridgehead atoms.